The largest absolute Gasteiger partial charge is 0.489 e. The molecule has 0 fully saturated rings. The molecule has 0 aliphatic carbocycles. The Balaban J connectivity index is 1.86. The Bertz CT molecular complexity index is 869. The van der Waals surface area contributed by atoms with Crippen molar-refractivity contribution in [1.82, 2.24) is 5.43 Å². The van der Waals surface area contributed by atoms with Crippen molar-refractivity contribution in [3.63, 3.8) is 0 Å². The zero-order valence-corrected chi connectivity index (χ0v) is 15.8. The third-order valence-electron chi connectivity index (χ3n) is 3.19. The van der Waals surface area contributed by atoms with Gasteiger partial charge in [0.2, 0.25) is 11.8 Å². The average molecular weight is 406 g/mol. The summed E-state index contributed by atoms with van der Waals surface area (Å²) < 4.78 is 5.49. The molecule has 0 aliphatic heterocycles. The summed E-state index contributed by atoms with van der Waals surface area (Å²) in [6, 6.07) is 11.8. The number of benzene rings is 2. The zero-order chi connectivity index (χ0) is 19.6. The van der Waals surface area contributed by atoms with E-state index in [2.05, 4.69) is 22.4 Å². The molecule has 0 spiro atoms. The number of hydrazone groups is 1. The highest BCUT2D eigenvalue weighted by molar-refractivity contribution is 6.42. The summed E-state index contributed by atoms with van der Waals surface area (Å²) in [7, 11) is 0. The third-order valence-corrected chi connectivity index (χ3v) is 3.93. The maximum Gasteiger partial charge on any atom is 0.249 e. The van der Waals surface area contributed by atoms with Gasteiger partial charge in [0.05, 0.1) is 16.3 Å². The number of nitrogens with one attached hydrogen (secondary N) is 2. The lowest BCUT2D eigenvalue weighted by Crippen LogP contribution is -2.24. The molecule has 2 N–H and O–H groups in total. The highest BCUT2D eigenvalue weighted by Gasteiger charge is 2.10. The number of hydrogen-bond donors (Lipinski definition) is 2. The predicted molar refractivity (Wildman–Crippen MR) is 108 cm³/mol. The molecule has 8 heteroatoms. The molecule has 2 amide bonds. The maximum absolute atomic E-state index is 11.9. The van der Waals surface area contributed by atoms with Crippen LogP contribution in [-0.4, -0.2) is 24.6 Å². The van der Waals surface area contributed by atoms with Crippen LogP contribution in [0.3, 0.4) is 0 Å². The fraction of sp³-hybridized carbons (Fsp3) is 0.105. The minimum atomic E-state index is -0.562. The highest BCUT2D eigenvalue weighted by atomic mass is 35.5. The van der Waals surface area contributed by atoms with Crippen molar-refractivity contribution in [2.24, 2.45) is 5.10 Å². The predicted octanol–water partition coefficient (Wildman–Crippen LogP) is 4.04. The van der Waals surface area contributed by atoms with Gasteiger partial charge in [-0.15, -0.1) is 0 Å². The van der Waals surface area contributed by atoms with E-state index in [4.69, 9.17) is 27.9 Å². The number of amides is 2. The number of hydrogen-bond acceptors (Lipinski definition) is 4. The second-order valence-corrected chi connectivity index (χ2v) is 6.10. The van der Waals surface area contributed by atoms with E-state index in [-0.39, 0.29) is 0 Å². The van der Waals surface area contributed by atoms with E-state index in [9.17, 15) is 9.59 Å². The molecule has 0 saturated heterocycles. The topological polar surface area (TPSA) is 79.8 Å². The number of carbonyl (C=O) groups excluding carboxylic acids is 2. The molecule has 2 rings (SSSR count). The average Bonchev–Trinajstić information content (AvgIpc) is 2.64. The fourth-order valence-corrected chi connectivity index (χ4v) is 2.30. The number of rotatable bonds is 8. The Morgan fingerprint density at radius 1 is 1.11 bits per heavy atom. The van der Waals surface area contributed by atoms with Crippen molar-refractivity contribution in [2.75, 3.05) is 11.9 Å². The van der Waals surface area contributed by atoms with Gasteiger partial charge >= 0.3 is 0 Å². The molecule has 6 nitrogen and oxygen atoms in total. The van der Waals surface area contributed by atoms with Gasteiger partial charge < -0.3 is 10.1 Å². The standard InChI is InChI=1S/C19H17Cl2N3O3/c1-2-9-27-17-6-4-3-5-13(17)12-22-24-19(26)11-18(25)23-14-7-8-15(20)16(21)10-14/h2-8,10,12H,1,9,11H2,(H,23,25)(H,24,26). The van der Waals surface area contributed by atoms with Crippen LogP contribution in [0.25, 0.3) is 0 Å². The van der Waals surface area contributed by atoms with Crippen LogP contribution in [0, 0.1) is 0 Å². The van der Waals surface area contributed by atoms with Crippen molar-refractivity contribution in [3.05, 3.63) is 70.7 Å². The number of carbonyl (C=O) groups is 2. The normalized spacial score (nSPS) is 10.4. The van der Waals surface area contributed by atoms with E-state index in [0.29, 0.717) is 33.7 Å². The molecule has 0 heterocycles. The molecule has 0 atom stereocenters. The summed E-state index contributed by atoms with van der Waals surface area (Å²) in [5, 5.41) is 7.08. The number of nitrogens with zero attached hydrogens (tertiary/aromatic N) is 1. The lowest BCUT2D eigenvalue weighted by molar-refractivity contribution is -0.126. The van der Waals surface area contributed by atoms with Crippen LogP contribution >= 0.6 is 23.2 Å². The smallest absolute Gasteiger partial charge is 0.249 e. The minimum Gasteiger partial charge on any atom is -0.489 e. The van der Waals surface area contributed by atoms with Crippen molar-refractivity contribution in [2.45, 2.75) is 6.42 Å². The second-order valence-electron chi connectivity index (χ2n) is 5.28. The Kier molecular flexibility index (Phi) is 7.85. The number of para-hydroxylation sites is 1. The van der Waals surface area contributed by atoms with Crippen LogP contribution in [0.2, 0.25) is 10.0 Å². The van der Waals surface area contributed by atoms with Gasteiger partial charge in [-0.05, 0) is 30.3 Å². The molecular formula is C19H17Cl2N3O3. The van der Waals surface area contributed by atoms with Crippen molar-refractivity contribution in [3.8, 4) is 5.75 Å². The van der Waals surface area contributed by atoms with E-state index >= 15 is 0 Å². The SMILES string of the molecule is C=CCOc1ccccc1C=NNC(=O)CC(=O)Nc1ccc(Cl)c(Cl)c1. The molecule has 0 aromatic heterocycles. The van der Waals surface area contributed by atoms with Crippen LogP contribution in [0.1, 0.15) is 12.0 Å². The summed E-state index contributed by atoms with van der Waals surface area (Å²) in [4.78, 5) is 23.7. The molecule has 2 aromatic rings. The molecule has 0 saturated carbocycles. The number of halogens is 2. The highest BCUT2D eigenvalue weighted by Crippen LogP contribution is 2.25. The lowest BCUT2D eigenvalue weighted by Gasteiger charge is -2.07. The van der Waals surface area contributed by atoms with Gasteiger partial charge in [0.25, 0.3) is 0 Å². The maximum atomic E-state index is 11.9. The summed E-state index contributed by atoms with van der Waals surface area (Å²) in [5.41, 5.74) is 3.42. The first-order valence-electron chi connectivity index (χ1n) is 7.89. The van der Waals surface area contributed by atoms with E-state index in [1.807, 2.05) is 12.1 Å². The van der Waals surface area contributed by atoms with E-state index < -0.39 is 18.2 Å². The fourth-order valence-electron chi connectivity index (χ4n) is 2.01. The first-order chi connectivity index (χ1) is 13.0. The van der Waals surface area contributed by atoms with E-state index in [0.717, 1.165) is 0 Å². The molecule has 27 heavy (non-hydrogen) atoms. The van der Waals surface area contributed by atoms with E-state index in [1.165, 1.54) is 12.3 Å². The molecule has 0 aliphatic rings. The van der Waals surface area contributed by atoms with Crippen LogP contribution < -0.4 is 15.5 Å². The first kappa shape index (κ1) is 20.5. The molecule has 0 bridgehead atoms. The Morgan fingerprint density at radius 3 is 2.63 bits per heavy atom. The van der Waals surface area contributed by atoms with Gasteiger partial charge in [-0.1, -0.05) is 48.0 Å². The van der Waals surface area contributed by atoms with Gasteiger partial charge in [-0.2, -0.15) is 5.10 Å². The molecule has 140 valence electrons. The van der Waals surface area contributed by atoms with Gasteiger partial charge in [0.1, 0.15) is 18.8 Å². The monoisotopic (exact) mass is 405 g/mol. The Hall–Kier alpha value is -2.83. The summed E-state index contributed by atoms with van der Waals surface area (Å²) in [5.74, 6) is -0.461. The molecule has 0 radical (unpaired) electrons. The Labute approximate surface area is 166 Å². The van der Waals surface area contributed by atoms with Crippen LogP contribution in [0.4, 0.5) is 5.69 Å². The zero-order valence-electron chi connectivity index (χ0n) is 14.2. The number of anilines is 1. The van der Waals surface area contributed by atoms with E-state index in [1.54, 1.807) is 30.3 Å². The third kappa shape index (κ3) is 6.77. The molecule has 2 aromatic carbocycles. The second kappa shape index (κ2) is 10.4. The van der Waals surface area contributed by atoms with Gasteiger partial charge in [-0.25, -0.2) is 5.43 Å². The van der Waals surface area contributed by atoms with Crippen LogP contribution in [0.15, 0.2) is 60.2 Å². The summed E-state index contributed by atoms with van der Waals surface area (Å²) >= 11 is 11.7. The van der Waals surface area contributed by atoms with Crippen molar-refractivity contribution >= 4 is 46.9 Å². The lowest BCUT2D eigenvalue weighted by atomic mass is 10.2. The minimum absolute atomic E-state index is 0.306. The molecular weight excluding hydrogens is 389 g/mol. The van der Waals surface area contributed by atoms with Crippen molar-refractivity contribution in [1.29, 1.82) is 0 Å². The van der Waals surface area contributed by atoms with Gasteiger partial charge in [-0.3, -0.25) is 9.59 Å². The summed E-state index contributed by atoms with van der Waals surface area (Å²) in [6.45, 7) is 3.94. The summed E-state index contributed by atoms with van der Waals surface area (Å²) in [6.07, 6.45) is 2.67. The molecule has 0 unspecified atom stereocenters. The Morgan fingerprint density at radius 2 is 1.89 bits per heavy atom. The number of ether oxygens (including phenoxy) is 1. The van der Waals surface area contributed by atoms with Crippen LogP contribution in [0.5, 0.6) is 5.75 Å². The van der Waals surface area contributed by atoms with Crippen LogP contribution in [-0.2, 0) is 9.59 Å². The quantitative estimate of drug-likeness (QED) is 0.301. The van der Waals surface area contributed by atoms with Gasteiger partial charge in [0.15, 0.2) is 0 Å². The van der Waals surface area contributed by atoms with Crippen molar-refractivity contribution < 1.29 is 14.3 Å². The van der Waals surface area contributed by atoms with Gasteiger partial charge in [0, 0.05) is 11.3 Å². The first-order valence-corrected chi connectivity index (χ1v) is 8.64.